The van der Waals surface area contributed by atoms with Crippen molar-refractivity contribution in [3.63, 3.8) is 0 Å². The molecule has 0 aromatic heterocycles. The monoisotopic (exact) mass is 432 g/mol. The number of ether oxygens (including phenoxy) is 2. The molecule has 1 atom stereocenters. The molecule has 0 radical (unpaired) electrons. The van der Waals surface area contributed by atoms with Gasteiger partial charge in [0.1, 0.15) is 0 Å². The summed E-state index contributed by atoms with van der Waals surface area (Å²) >= 11 is 0. The van der Waals surface area contributed by atoms with Crippen molar-refractivity contribution in [1.82, 2.24) is 10.6 Å². The summed E-state index contributed by atoms with van der Waals surface area (Å²) in [6.07, 6.45) is 15.3. The van der Waals surface area contributed by atoms with E-state index >= 15 is 0 Å². The molecule has 6 nitrogen and oxygen atoms in total. The molecule has 0 aromatic carbocycles. The first-order chi connectivity index (χ1) is 14.2. The molecular weight excluding hydrogens is 387 g/mol. The molecule has 0 aliphatic heterocycles. The number of carbonyl (C=O) groups excluding carboxylic acids is 2. The fraction of sp³-hybridized carbons (Fsp3) is 0.909. The van der Waals surface area contributed by atoms with Gasteiger partial charge in [-0.2, -0.15) is 0 Å². The SMILES string of the molecule is CCCCCCCCCCCCCC(=O)NCCOCCOCCNC(=O)CP. The predicted octanol–water partition coefficient (Wildman–Crippen LogP) is 3.83. The van der Waals surface area contributed by atoms with Gasteiger partial charge >= 0.3 is 0 Å². The van der Waals surface area contributed by atoms with Crippen molar-refractivity contribution in [1.29, 1.82) is 0 Å². The van der Waals surface area contributed by atoms with Crippen molar-refractivity contribution in [2.75, 3.05) is 45.7 Å². The van der Waals surface area contributed by atoms with E-state index in [9.17, 15) is 9.59 Å². The number of hydrogen-bond acceptors (Lipinski definition) is 4. The topological polar surface area (TPSA) is 76.7 Å². The molecule has 2 amide bonds. The van der Waals surface area contributed by atoms with Crippen LogP contribution >= 0.6 is 9.24 Å². The van der Waals surface area contributed by atoms with Gasteiger partial charge in [0.2, 0.25) is 11.8 Å². The van der Waals surface area contributed by atoms with Gasteiger partial charge in [0.25, 0.3) is 0 Å². The largest absolute Gasteiger partial charge is 0.377 e. The van der Waals surface area contributed by atoms with Gasteiger partial charge < -0.3 is 20.1 Å². The molecule has 172 valence electrons. The fourth-order valence-electron chi connectivity index (χ4n) is 2.96. The molecule has 29 heavy (non-hydrogen) atoms. The minimum atomic E-state index is -0.00115. The van der Waals surface area contributed by atoms with Crippen LogP contribution in [0.2, 0.25) is 0 Å². The number of amides is 2. The lowest BCUT2D eigenvalue weighted by atomic mass is 10.1. The lowest BCUT2D eigenvalue weighted by Crippen LogP contribution is -2.28. The number of rotatable bonds is 22. The Morgan fingerprint density at radius 3 is 1.59 bits per heavy atom. The summed E-state index contributed by atoms with van der Waals surface area (Å²) in [5.41, 5.74) is 0. The first-order valence-electron chi connectivity index (χ1n) is 11.6. The summed E-state index contributed by atoms with van der Waals surface area (Å²) in [5.74, 6) is 0.115. The van der Waals surface area contributed by atoms with Gasteiger partial charge in [-0.3, -0.25) is 9.59 Å². The molecule has 2 N–H and O–H groups in total. The Morgan fingerprint density at radius 2 is 1.10 bits per heavy atom. The maximum absolute atomic E-state index is 11.8. The van der Waals surface area contributed by atoms with E-state index in [1.165, 1.54) is 57.8 Å². The summed E-state index contributed by atoms with van der Waals surface area (Å²) < 4.78 is 10.8. The average Bonchev–Trinajstić information content (AvgIpc) is 2.73. The summed E-state index contributed by atoms with van der Waals surface area (Å²) in [4.78, 5) is 22.8. The van der Waals surface area contributed by atoms with Crippen LogP contribution in [0.15, 0.2) is 0 Å². The summed E-state index contributed by atoms with van der Waals surface area (Å²) in [5, 5.41) is 5.62. The highest BCUT2D eigenvalue weighted by molar-refractivity contribution is 7.18. The Balaban J connectivity index is 3.18. The highest BCUT2D eigenvalue weighted by atomic mass is 31.0. The van der Waals surface area contributed by atoms with Crippen LogP contribution in [-0.2, 0) is 19.1 Å². The van der Waals surface area contributed by atoms with Crippen molar-refractivity contribution in [3.8, 4) is 0 Å². The van der Waals surface area contributed by atoms with Crippen LogP contribution in [0.5, 0.6) is 0 Å². The number of hydrogen-bond donors (Lipinski definition) is 2. The first kappa shape index (κ1) is 28.3. The normalized spacial score (nSPS) is 10.8. The zero-order valence-corrected chi connectivity index (χ0v) is 19.8. The zero-order chi connectivity index (χ0) is 21.4. The van der Waals surface area contributed by atoms with Crippen molar-refractivity contribution in [3.05, 3.63) is 0 Å². The van der Waals surface area contributed by atoms with E-state index < -0.39 is 0 Å². The molecule has 0 heterocycles. The van der Waals surface area contributed by atoms with Gasteiger partial charge in [0, 0.05) is 25.7 Å². The van der Waals surface area contributed by atoms with E-state index in [0.717, 1.165) is 12.8 Å². The fourth-order valence-corrected chi connectivity index (χ4v) is 3.10. The van der Waals surface area contributed by atoms with Crippen LogP contribution < -0.4 is 10.6 Å². The summed E-state index contributed by atoms with van der Waals surface area (Å²) in [7, 11) is 2.38. The summed E-state index contributed by atoms with van der Waals surface area (Å²) in [6.45, 7) is 5.27. The van der Waals surface area contributed by atoms with E-state index in [4.69, 9.17) is 9.47 Å². The van der Waals surface area contributed by atoms with Crippen LogP contribution in [0.3, 0.4) is 0 Å². The van der Waals surface area contributed by atoms with Crippen molar-refractivity contribution < 1.29 is 19.1 Å². The average molecular weight is 433 g/mol. The van der Waals surface area contributed by atoms with Gasteiger partial charge in [-0.15, -0.1) is 9.24 Å². The van der Waals surface area contributed by atoms with Crippen molar-refractivity contribution in [2.45, 2.75) is 84.0 Å². The highest BCUT2D eigenvalue weighted by Gasteiger charge is 2.01. The molecule has 1 unspecified atom stereocenters. The molecule has 0 bridgehead atoms. The summed E-state index contributed by atoms with van der Waals surface area (Å²) in [6, 6.07) is 0. The third-order valence-electron chi connectivity index (χ3n) is 4.70. The van der Waals surface area contributed by atoms with Gasteiger partial charge in [-0.1, -0.05) is 71.1 Å². The zero-order valence-electron chi connectivity index (χ0n) is 18.6. The minimum Gasteiger partial charge on any atom is -0.377 e. The van der Waals surface area contributed by atoms with Crippen LogP contribution in [0.25, 0.3) is 0 Å². The molecule has 0 aromatic rings. The molecule has 7 heteroatoms. The molecular formula is C22H45N2O4P. The lowest BCUT2D eigenvalue weighted by molar-refractivity contribution is -0.121. The smallest absolute Gasteiger partial charge is 0.223 e. The van der Waals surface area contributed by atoms with E-state index in [1.54, 1.807) is 0 Å². The maximum Gasteiger partial charge on any atom is 0.223 e. The van der Waals surface area contributed by atoms with Crippen LogP contribution in [-0.4, -0.2) is 57.5 Å². The van der Waals surface area contributed by atoms with Crippen molar-refractivity contribution >= 4 is 21.1 Å². The number of carbonyl (C=O) groups is 2. The standard InChI is InChI=1S/C22H45N2O4P/c1-2-3-4-5-6-7-8-9-10-11-12-13-21(25)23-14-16-27-18-19-28-17-15-24-22(26)20-29/h2-20,29H2,1H3,(H,23,25)(H,24,26). The Labute approximate surface area is 180 Å². The van der Waals surface area contributed by atoms with Gasteiger partial charge in [-0.05, 0) is 6.42 Å². The Kier molecular flexibility index (Phi) is 23.0. The van der Waals surface area contributed by atoms with Gasteiger partial charge in [0.05, 0.1) is 26.4 Å². The molecule has 0 rings (SSSR count). The number of nitrogens with one attached hydrogen (secondary N) is 2. The molecule has 0 aliphatic rings. The molecule has 0 aliphatic carbocycles. The first-order valence-corrected chi connectivity index (χ1v) is 12.4. The predicted molar refractivity (Wildman–Crippen MR) is 123 cm³/mol. The van der Waals surface area contributed by atoms with E-state index in [1.807, 2.05) is 0 Å². The van der Waals surface area contributed by atoms with Crippen LogP contribution in [0.4, 0.5) is 0 Å². The number of unbranched alkanes of at least 4 members (excludes halogenated alkanes) is 10. The highest BCUT2D eigenvalue weighted by Crippen LogP contribution is 2.11. The Morgan fingerprint density at radius 1 is 0.655 bits per heavy atom. The Hall–Kier alpha value is -0.710. The minimum absolute atomic E-state index is 0.00115. The van der Waals surface area contributed by atoms with Crippen LogP contribution in [0, 0.1) is 0 Å². The molecule has 0 saturated carbocycles. The van der Waals surface area contributed by atoms with Crippen LogP contribution in [0.1, 0.15) is 84.0 Å². The van der Waals surface area contributed by atoms with Crippen molar-refractivity contribution in [2.24, 2.45) is 0 Å². The quantitative estimate of drug-likeness (QED) is 0.201. The van der Waals surface area contributed by atoms with Gasteiger partial charge in [0.15, 0.2) is 0 Å². The second-order valence-electron chi connectivity index (χ2n) is 7.41. The van der Waals surface area contributed by atoms with E-state index in [-0.39, 0.29) is 11.8 Å². The van der Waals surface area contributed by atoms with E-state index in [2.05, 4.69) is 26.8 Å². The molecule has 0 fully saturated rings. The third kappa shape index (κ3) is 23.4. The second kappa shape index (κ2) is 23.6. The van der Waals surface area contributed by atoms with Gasteiger partial charge in [-0.25, -0.2) is 0 Å². The second-order valence-corrected chi connectivity index (χ2v) is 7.82. The Bertz CT molecular complexity index is 384. The maximum atomic E-state index is 11.8. The van der Waals surface area contributed by atoms with E-state index in [0.29, 0.717) is 52.1 Å². The molecule has 0 spiro atoms. The lowest BCUT2D eigenvalue weighted by Gasteiger charge is -2.08. The third-order valence-corrected chi connectivity index (χ3v) is 5.07. The molecule has 0 saturated heterocycles.